The minimum atomic E-state index is 0.329. The van der Waals surface area contributed by atoms with E-state index in [4.69, 9.17) is 5.11 Å². The molecular weight excluding hydrogens is 124 g/mol. The van der Waals surface area contributed by atoms with Gasteiger partial charge < -0.3 is 5.11 Å². The van der Waals surface area contributed by atoms with E-state index in [-0.39, 0.29) is 0 Å². The molecule has 0 saturated heterocycles. The summed E-state index contributed by atoms with van der Waals surface area (Å²) >= 11 is 0. The number of aliphatic hydroxyl groups excluding tert-OH is 1. The molecule has 1 heteroatoms. The third-order valence-electron chi connectivity index (χ3n) is 1.62. The van der Waals surface area contributed by atoms with Gasteiger partial charge in [0, 0.05) is 6.61 Å². The van der Waals surface area contributed by atoms with E-state index in [2.05, 4.69) is 19.1 Å². The highest BCUT2D eigenvalue weighted by Crippen LogP contribution is 2.06. The van der Waals surface area contributed by atoms with Crippen LogP contribution in [0.4, 0.5) is 0 Å². The van der Waals surface area contributed by atoms with Gasteiger partial charge in [-0.05, 0) is 32.1 Å². The molecule has 0 aromatic carbocycles. The molecular formula is C9H18O. The molecule has 1 N–H and O–H groups in total. The molecule has 0 fully saturated rings. The zero-order valence-electron chi connectivity index (χ0n) is 7.01. The molecule has 0 bridgehead atoms. The second-order valence-electron chi connectivity index (χ2n) is 2.79. The smallest absolute Gasteiger partial charge is 0.0456 e. The van der Waals surface area contributed by atoms with Crippen LogP contribution >= 0.6 is 0 Å². The minimum Gasteiger partial charge on any atom is -0.396 e. The van der Waals surface area contributed by atoms with Crippen molar-refractivity contribution in [2.45, 2.75) is 33.1 Å². The van der Waals surface area contributed by atoms with Crippen LogP contribution in [0.2, 0.25) is 0 Å². The highest BCUT2D eigenvalue weighted by Gasteiger charge is 1.96. The summed E-state index contributed by atoms with van der Waals surface area (Å²) in [6.45, 7) is 4.45. The van der Waals surface area contributed by atoms with Crippen molar-refractivity contribution in [3.8, 4) is 0 Å². The van der Waals surface area contributed by atoms with Crippen LogP contribution in [0.1, 0.15) is 33.1 Å². The third-order valence-corrected chi connectivity index (χ3v) is 1.62. The summed E-state index contributed by atoms with van der Waals surface area (Å²) in [4.78, 5) is 0. The summed E-state index contributed by atoms with van der Waals surface area (Å²) in [5.41, 5.74) is 0. The first-order valence-electron chi connectivity index (χ1n) is 4.03. The van der Waals surface area contributed by atoms with Gasteiger partial charge in [-0.2, -0.15) is 0 Å². The maximum atomic E-state index is 8.67. The zero-order valence-corrected chi connectivity index (χ0v) is 7.01. The Morgan fingerprint density at radius 3 is 2.70 bits per heavy atom. The quantitative estimate of drug-likeness (QED) is 0.461. The lowest BCUT2D eigenvalue weighted by Gasteiger charge is -2.04. The van der Waals surface area contributed by atoms with E-state index in [1.165, 1.54) is 6.42 Å². The van der Waals surface area contributed by atoms with Crippen LogP contribution in [-0.2, 0) is 0 Å². The predicted molar refractivity (Wildman–Crippen MR) is 44.9 cm³/mol. The Kier molecular flexibility index (Phi) is 6.61. The average molecular weight is 142 g/mol. The van der Waals surface area contributed by atoms with Gasteiger partial charge >= 0.3 is 0 Å². The number of hydrogen-bond donors (Lipinski definition) is 1. The highest BCUT2D eigenvalue weighted by molar-refractivity contribution is 4.76. The lowest BCUT2D eigenvalue weighted by molar-refractivity contribution is 0.228. The normalized spacial score (nSPS) is 14.3. The molecule has 10 heavy (non-hydrogen) atoms. The van der Waals surface area contributed by atoms with Gasteiger partial charge in [0.25, 0.3) is 0 Å². The molecule has 0 spiro atoms. The van der Waals surface area contributed by atoms with Crippen molar-refractivity contribution < 1.29 is 5.11 Å². The topological polar surface area (TPSA) is 20.2 Å². The molecule has 0 aliphatic carbocycles. The van der Waals surface area contributed by atoms with Gasteiger partial charge in [0.2, 0.25) is 0 Å². The minimum absolute atomic E-state index is 0.329. The van der Waals surface area contributed by atoms with Gasteiger partial charge in [0.1, 0.15) is 0 Å². The van der Waals surface area contributed by atoms with Crippen LogP contribution < -0.4 is 0 Å². The Labute approximate surface area is 63.8 Å². The second kappa shape index (κ2) is 6.81. The zero-order chi connectivity index (χ0) is 7.82. The molecule has 0 rings (SSSR count). The maximum absolute atomic E-state index is 8.67. The number of hydrogen-bond acceptors (Lipinski definition) is 1. The molecule has 1 atom stereocenters. The molecule has 0 aromatic heterocycles. The fraction of sp³-hybridized carbons (Fsp3) is 0.778. The molecule has 0 aliphatic heterocycles. The highest BCUT2D eigenvalue weighted by atomic mass is 16.3. The van der Waals surface area contributed by atoms with Crippen molar-refractivity contribution in [2.75, 3.05) is 6.61 Å². The number of allylic oxidation sites excluding steroid dienone is 2. The standard InChI is InChI=1S/C9H18O/c1-3-4-5-6-7-9(2)8-10/h3-4,9-10H,5-8H2,1-2H3/b4-3+. The molecule has 0 amide bonds. The van der Waals surface area contributed by atoms with Crippen molar-refractivity contribution in [3.63, 3.8) is 0 Å². The van der Waals surface area contributed by atoms with Gasteiger partial charge in [-0.3, -0.25) is 0 Å². The maximum Gasteiger partial charge on any atom is 0.0456 e. The molecule has 1 nitrogen and oxygen atoms in total. The Hall–Kier alpha value is -0.300. The molecule has 0 heterocycles. The van der Waals surface area contributed by atoms with Crippen molar-refractivity contribution >= 4 is 0 Å². The summed E-state index contributed by atoms with van der Waals surface area (Å²) < 4.78 is 0. The Balaban J connectivity index is 3.03. The summed E-state index contributed by atoms with van der Waals surface area (Å²) in [5, 5.41) is 8.67. The number of aliphatic hydroxyl groups is 1. The van der Waals surface area contributed by atoms with Crippen LogP contribution in [0.25, 0.3) is 0 Å². The Morgan fingerprint density at radius 2 is 2.20 bits per heavy atom. The van der Waals surface area contributed by atoms with Crippen LogP contribution in [0.3, 0.4) is 0 Å². The molecule has 0 aliphatic rings. The summed E-state index contributed by atoms with van der Waals surface area (Å²) in [6.07, 6.45) is 7.74. The Bertz CT molecular complexity index is 86.7. The van der Waals surface area contributed by atoms with Crippen molar-refractivity contribution in [2.24, 2.45) is 5.92 Å². The van der Waals surface area contributed by atoms with Gasteiger partial charge in [-0.1, -0.05) is 19.1 Å². The van der Waals surface area contributed by atoms with E-state index in [0.29, 0.717) is 12.5 Å². The van der Waals surface area contributed by atoms with Crippen molar-refractivity contribution in [3.05, 3.63) is 12.2 Å². The van der Waals surface area contributed by atoms with Gasteiger partial charge in [0.05, 0.1) is 0 Å². The third kappa shape index (κ3) is 5.83. The SMILES string of the molecule is C/C=C/CCCC(C)CO. The molecule has 60 valence electrons. The van der Waals surface area contributed by atoms with Crippen molar-refractivity contribution in [1.82, 2.24) is 0 Å². The Morgan fingerprint density at radius 1 is 1.50 bits per heavy atom. The van der Waals surface area contributed by atoms with E-state index in [1.54, 1.807) is 0 Å². The van der Waals surface area contributed by atoms with E-state index in [0.717, 1.165) is 12.8 Å². The van der Waals surface area contributed by atoms with E-state index >= 15 is 0 Å². The fourth-order valence-corrected chi connectivity index (χ4v) is 0.842. The van der Waals surface area contributed by atoms with Crippen molar-refractivity contribution in [1.29, 1.82) is 0 Å². The largest absolute Gasteiger partial charge is 0.396 e. The van der Waals surface area contributed by atoms with E-state index in [1.807, 2.05) is 6.92 Å². The van der Waals surface area contributed by atoms with E-state index in [9.17, 15) is 0 Å². The first-order chi connectivity index (χ1) is 4.81. The van der Waals surface area contributed by atoms with E-state index < -0.39 is 0 Å². The lowest BCUT2D eigenvalue weighted by atomic mass is 10.1. The molecule has 0 radical (unpaired) electrons. The molecule has 0 aromatic rings. The summed E-state index contributed by atoms with van der Waals surface area (Å²) in [7, 11) is 0. The van der Waals surface area contributed by atoms with Crippen LogP contribution in [0, 0.1) is 5.92 Å². The lowest BCUT2D eigenvalue weighted by Crippen LogP contribution is -1.99. The second-order valence-corrected chi connectivity index (χ2v) is 2.79. The summed E-state index contributed by atoms with van der Waals surface area (Å²) in [6, 6.07) is 0. The van der Waals surface area contributed by atoms with Gasteiger partial charge in [-0.25, -0.2) is 0 Å². The molecule has 0 saturated carbocycles. The average Bonchev–Trinajstić information content (AvgIpc) is 1.98. The van der Waals surface area contributed by atoms with Crippen LogP contribution in [0.5, 0.6) is 0 Å². The number of rotatable bonds is 5. The predicted octanol–water partition coefficient (Wildman–Crippen LogP) is 2.36. The monoisotopic (exact) mass is 142 g/mol. The van der Waals surface area contributed by atoms with Crippen LogP contribution in [-0.4, -0.2) is 11.7 Å². The summed E-state index contributed by atoms with van der Waals surface area (Å²) in [5.74, 6) is 0.477. The number of unbranched alkanes of at least 4 members (excludes halogenated alkanes) is 1. The van der Waals surface area contributed by atoms with Gasteiger partial charge in [0.15, 0.2) is 0 Å². The molecule has 1 unspecified atom stereocenters. The van der Waals surface area contributed by atoms with Crippen LogP contribution in [0.15, 0.2) is 12.2 Å². The van der Waals surface area contributed by atoms with Gasteiger partial charge in [-0.15, -0.1) is 0 Å². The first kappa shape index (κ1) is 9.70. The fourth-order valence-electron chi connectivity index (χ4n) is 0.842. The first-order valence-corrected chi connectivity index (χ1v) is 4.03.